The van der Waals surface area contributed by atoms with E-state index in [2.05, 4.69) is 34.2 Å². The van der Waals surface area contributed by atoms with Crippen LogP contribution in [-0.4, -0.2) is 20.4 Å². The molecule has 2 heterocycles. The molecule has 0 atom stereocenters. The van der Waals surface area contributed by atoms with Gasteiger partial charge in [-0.2, -0.15) is 0 Å². The lowest BCUT2D eigenvalue weighted by Gasteiger charge is -2.03. The average molecular weight is 188 g/mol. The summed E-state index contributed by atoms with van der Waals surface area (Å²) in [6.07, 6.45) is 2.63. The Bertz CT molecular complexity index is 439. The highest BCUT2D eigenvalue weighted by molar-refractivity contribution is 5.71. The zero-order valence-electron chi connectivity index (χ0n) is 8.31. The maximum atomic E-state index is 4.45. The van der Waals surface area contributed by atoms with Gasteiger partial charge in [-0.3, -0.25) is 0 Å². The standard InChI is InChI=1S/C10H12N4/c1-7(2)5-8-3-4-9-10(12-8)6-11-14-13-9/h3-4,6-7H,5H2,1-2H3. The topological polar surface area (TPSA) is 51.6 Å². The molecule has 0 aliphatic carbocycles. The van der Waals surface area contributed by atoms with Gasteiger partial charge >= 0.3 is 0 Å². The zero-order chi connectivity index (χ0) is 9.97. The van der Waals surface area contributed by atoms with Gasteiger partial charge in [0, 0.05) is 5.69 Å². The molecule has 2 aromatic rings. The van der Waals surface area contributed by atoms with Crippen molar-refractivity contribution < 1.29 is 0 Å². The number of rotatable bonds is 2. The van der Waals surface area contributed by atoms with Gasteiger partial charge in [-0.05, 0) is 29.7 Å². The lowest BCUT2D eigenvalue weighted by atomic mass is 10.1. The van der Waals surface area contributed by atoms with E-state index >= 15 is 0 Å². The Labute approximate surface area is 82.4 Å². The Balaban J connectivity index is 2.41. The van der Waals surface area contributed by atoms with Gasteiger partial charge in [0.1, 0.15) is 11.0 Å². The lowest BCUT2D eigenvalue weighted by Crippen LogP contribution is -1.98. The summed E-state index contributed by atoms with van der Waals surface area (Å²) in [5.74, 6) is 0.614. The SMILES string of the molecule is CC(C)Cc1ccc2nnncc2n1. The molecule has 4 heteroatoms. The Morgan fingerprint density at radius 1 is 1.21 bits per heavy atom. The van der Waals surface area contributed by atoms with Crippen molar-refractivity contribution in [3.8, 4) is 0 Å². The Kier molecular flexibility index (Phi) is 2.35. The van der Waals surface area contributed by atoms with Crippen LogP contribution in [0.4, 0.5) is 0 Å². The fourth-order valence-electron chi connectivity index (χ4n) is 1.38. The largest absolute Gasteiger partial charge is 0.249 e. The third-order valence-electron chi connectivity index (χ3n) is 1.96. The molecule has 0 fully saturated rings. The molecule has 0 aliphatic rings. The molecule has 0 spiro atoms. The number of hydrogen-bond donors (Lipinski definition) is 0. The lowest BCUT2D eigenvalue weighted by molar-refractivity contribution is 0.637. The molecular weight excluding hydrogens is 176 g/mol. The summed E-state index contributed by atoms with van der Waals surface area (Å²) in [6.45, 7) is 4.35. The first-order valence-electron chi connectivity index (χ1n) is 4.69. The van der Waals surface area contributed by atoms with Gasteiger partial charge in [-0.25, -0.2) is 4.98 Å². The molecule has 0 unspecified atom stereocenters. The van der Waals surface area contributed by atoms with Crippen molar-refractivity contribution in [1.29, 1.82) is 0 Å². The van der Waals surface area contributed by atoms with E-state index in [1.54, 1.807) is 6.20 Å². The molecule has 0 radical (unpaired) electrons. The number of hydrogen-bond acceptors (Lipinski definition) is 4. The van der Waals surface area contributed by atoms with Gasteiger partial charge in [0.15, 0.2) is 0 Å². The first-order chi connectivity index (χ1) is 6.75. The highest BCUT2D eigenvalue weighted by Gasteiger charge is 2.01. The highest BCUT2D eigenvalue weighted by Crippen LogP contribution is 2.10. The second kappa shape index (κ2) is 3.65. The molecule has 0 aliphatic heterocycles. The first kappa shape index (κ1) is 8.99. The van der Waals surface area contributed by atoms with Crippen molar-refractivity contribution in [3.63, 3.8) is 0 Å². The van der Waals surface area contributed by atoms with Gasteiger partial charge in [0.25, 0.3) is 0 Å². The molecule has 4 nitrogen and oxygen atoms in total. The van der Waals surface area contributed by atoms with Crippen LogP contribution in [0, 0.1) is 5.92 Å². The third-order valence-corrected chi connectivity index (χ3v) is 1.96. The van der Waals surface area contributed by atoms with E-state index in [4.69, 9.17) is 0 Å². The summed E-state index contributed by atoms with van der Waals surface area (Å²) in [7, 11) is 0. The maximum absolute atomic E-state index is 4.45. The van der Waals surface area contributed by atoms with Crippen LogP contribution in [0.15, 0.2) is 18.3 Å². The van der Waals surface area contributed by atoms with Crippen LogP contribution in [-0.2, 0) is 6.42 Å². The summed E-state index contributed by atoms with van der Waals surface area (Å²) in [5.41, 5.74) is 2.70. The maximum Gasteiger partial charge on any atom is 0.115 e. The van der Waals surface area contributed by atoms with E-state index in [1.165, 1.54) is 0 Å². The van der Waals surface area contributed by atoms with Crippen LogP contribution < -0.4 is 0 Å². The van der Waals surface area contributed by atoms with Crippen LogP contribution >= 0.6 is 0 Å². The van der Waals surface area contributed by atoms with Crippen molar-refractivity contribution in [1.82, 2.24) is 20.4 Å². The fraction of sp³-hybridized carbons (Fsp3) is 0.400. The van der Waals surface area contributed by atoms with Gasteiger partial charge in [0.05, 0.1) is 6.20 Å². The molecule has 0 saturated carbocycles. The second-order valence-corrected chi connectivity index (χ2v) is 3.74. The molecule has 14 heavy (non-hydrogen) atoms. The van der Waals surface area contributed by atoms with Crippen molar-refractivity contribution in [2.24, 2.45) is 5.92 Å². The molecule has 0 N–H and O–H groups in total. The molecule has 0 bridgehead atoms. The van der Waals surface area contributed by atoms with E-state index < -0.39 is 0 Å². The molecule has 72 valence electrons. The minimum Gasteiger partial charge on any atom is -0.249 e. The van der Waals surface area contributed by atoms with E-state index in [1.807, 2.05) is 12.1 Å². The summed E-state index contributed by atoms with van der Waals surface area (Å²) in [6, 6.07) is 3.94. The highest BCUT2D eigenvalue weighted by atomic mass is 15.3. The van der Waals surface area contributed by atoms with Gasteiger partial charge in [0.2, 0.25) is 0 Å². The Hall–Kier alpha value is -1.58. The van der Waals surface area contributed by atoms with Crippen LogP contribution in [0.25, 0.3) is 11.0 Å². The van der Waals surface area contributed by atoms with Crippen molar-refractivity contribution in [2.75, 3.05) is 0 Å². The van der Waals surface area contributed by atoms with E-state index in [9.17, 15) is 0 Å². The second-order valence-electron chi connectivity index (χ2n) is 3.74. The minimum absolute atomic E-state index is 0.614. The predicted molar refractivity (Wildman–Crippen MR) is 53.7 cm³/mol. The van der Waals surface area contributed by atoms with Gasteiger partial charge < -0.3 is 0 Å². The number of aromatic nitrogens is 4. The van der Waals surface area contributed by atoms with E-state index in [0.717, 1.165) is 23.1 Å². The molecule has 0 saturated heterocycles. The van der Waals surface area contributed by atoms with Crippen LogP contribution in [0.2, 0.25) is 0 Å². The summed E-state index contributed by atoms with van der Waals surface area (Å²) >= 11 is 0. The molecule has 2 aromatic heterocycles. The van der Waals surface area contributed by atoms with E-state index in [0.29, 0.717) is 5.92 Å². The zero-order valence-corrected chi connectivity index (χ0v) is 8.31. The first-order valence-corrected chi connectivity index (χ1v) is 4.69. The summed E-state index contributed by atoms with van der Waals surface area (Å²) in [5, 5.41) is 11.2. The molecular formula is C10H12N4. The third kappa shape index (κ3) is 1.84. The van der Waals surface area contributed by atoms with E-state index in [-0.39, 0.29) is 0 Å². The molecule has 2 rings (SSSR count). The summed E-state index contributed by atoms with van der Waals surface area (Å²) < 4.78 is 0. The predicted octanol–water partition coefficient (Wildman–Crippen LogP) is 1.62. The molecule has 0 amide bonds. The van der Waals surface area contributed by atoms with Crippen molar-refractivity contribution in [3.05, 3.63) is 24.0 Å². The normalized spacial score (nSPS) is 11.1. The smallest absolute Gasteiger partial charge is 0.115 e. The van der Waals surface area contributed by atoms with Crippen molar-refractivity contribution in [2.45, 2.75) is 20.3 Å². The molecule has 0 aromatic carbocycles. The Morgan fingerprint density at radius 3 is 2.86 bits per heavy atom. The number of nitrogens with zero attached hydrogens (tertiary/aromatic N) is 4. The number of pyridine rings is 1. The number of fused-ring (bicyclic) bond motifs is 1. The van der Waals surface area contributed by atoms with Crippen LogP contribution in [0.1, 0.15) is 19.5 Å². The minimum atomic E-state index is 0.614. The van der Waals surface area contributed by atoms with Crippen molar-refractivity contribution >= 4 is 11.0 Å². The van der Waals surface area contributed by atoms with Crippen LogP contribution in [0.3, 0.4) is 0 Å². The Morgan fingerprint density at radius 2 is 2.07 bits per heavy atom. The van der Waals surface area contributed by atoms with Gasteiger partial charge in [-0.15, -0.1) is 10.2 Å². The quantitative estimate of drug-likeness (QED) is 0.718. The fourth-order valence-corrected chi connectivity index (χ4v) is 1.38. The monoisotopic (exact) mass is 188 g/mol. The van der Waals surface area contributed by atoms with Crippen LogP contribution in [0.5, 0.6) is 0 Å². The summed E-state index contributed by atoms with van der Waals surface area (Å²) in [4.78, 5) is 4.45. The average Bonchev–Trinajstić information content (AvgIpc) is 2.17. The van der Waals surface area contributed by atoms with Gasteiger partial charge in [-0.1, -0.05) is 13.8 Å².